The third-order valence-corrected chi connectivity index (χ3v) is 4.59. The fourth-order valence-electron chi connectivity index (χ4n) is 2.26. The second kappa shape index (κ2) is 9.20. The van der Waals surface area contributed by atoms with Crippen LogP contribution in [-0.4, -0.2) is 60.9 Å². The number of halogens is 17. The minimum absolute atomic E-state index is 0.458. The zero-order valence-electron chi connectivity index (χ0n) is 16.6. The topological polar surface area (TPSA) is 38.3 Å². The lowest BCUT2D eigenvalue weighted by Gasteiger charge is -2.42. The minimum atomic E-state index is -8.59. The summed E-state index contributed by atoms with van der Waals surface area (Å²) in [6.07, 6.45) is -5.94. The molecule has 3 nitrogen and oxygen atoms in total. The zero-order valence-corrected chi connectivity index (χ0v) is 17.3. The summed E-state index contributed by atoms with van der Waals surface area (Å²) in [5.74, 6) is -60.9. The summed E-state index contributed by atoms with van der Waals surface area (Å²) in [6, 6.07) is 2.16. The van der Waals surface area contributed by atoms with E-state index in [0.717, 1.165) is 24.6 Å². The summed E-state index contributed by atoms with van der Waals surface area (Å²) in [7, 11) is 0.776. The van der Waals surface area contributed by atoms with Crippen LogP contribution in [0.4, 0.5) is 75.9 Å². The van der Waals surface area contributed by atoms with Crippen molar-refractivity contribution in [2.24, 2.45) is 0 Å². The standard InChI is InChI=1S/C16H8ClF16NO2/c1-36-7-3-2-5(17)4-6(7)34-9(35)11(22,23)13(26,27)15(30,31)16(32,33)14(28,29)12(24,25)10(20,21)8(18)19/h2-4,8H,1H3,(H,34,35). The second-order valence-electron chi connectivity index (χ2n) is 6.67. The maximum absolute atomic E-state index is 13.9. The predicted molar refractivity (Wildman–Crippen MR) is 87.3 cm³/mol. The molecule has 0 unspecified atom stereocenters. The van der Waals surface area contributed by atoms with Gasteiger partial charge >= 0.3 is 53.8 Å². The average Bonchev–Trinajstić information content (AvgIpc) is 2.72. The normalized spacial score (nSPS) is 14.8. The van der Waals surface area contributed by atoms with Crippen LogP contribution in [0.1, 0.15) is 0 Å². The highest BCUT2D eigenvalue weighted by Gasteiger charge is 2.94. The molecule has 0 atom stereocenters. The lowest BCUT2D eigenvalue weighted by Crippen LogP contribution is -2.74. The van der Waals surface area contributed by atoms with E-state index in [4.69, 9.17) is 11.6 Å². The number of methoxy groups -OCH3 is 1. The summed E-state index contributed by atoms with van der Waals surface area (Å²) in [5.41, 5.74) is -1.10. The number of benzene rings is 1. The van der Waals surface area contributed by atoms with E-state index >= 15 is 0 Å². The average molecular weight is 586 g/mol. The second-order valence-corrected chi connectivity index (χ2v) is 7.11. The largest absolute Gasteiger partial charge is 0.495 e. The number of carbonyl (C=O) groups is 1. The smallest absolute Gasteiger partial charge is 0.393 e. The van der Waals surface area contributed by atoms with Crippen LogP contribution >= 0.6 is 11.6 Å². The lowest BCUT2D eigenvalue weighted by molar-refractivity contribution is -0.443. The Kier molecular flexibility index (Phi) is 8.10. The van der Waals surface area contributed by atoms with Gasteiger partial charge < -0.3 is 10.1 Å². The molecule has 0 aliphatic rings. The number of nitrogens with one attached hydrogen (secondary N) is 1. The molecule has 0 heterocycles. The van der Waals surface area contributed by atoms with Crippen molar-refractivity contribution in [1.82, 2.24) is 0 Å². The van der Waals surface area contributed by atoms with Gasteiger partial charge in [0.05, 0.1) is 12.8 Å². The van der Waals surface area contributed by atoms with Crippen molar-refractivity contribution in [3.05, 3.63) is 23.2 Å². The van der Waals surface area contributed by atoms with Crippen molar-refractivity contribution in [3.63, 3.8) is 0 Å². The number of anilines is 1. The van der Waals surface area contributed by atoms with Gasteiger partial charge in [0, 0.05) is 5.02 Å². The van der Waals surface area contributed by atoms with Gasteiger partial charge in [0.25, 0.3) is 0 Å². The summed E-state index contributed by atoms with van der Waals surface area (Å²) in [5, 5.41) is 0.310. The number of carbonyl (C=O) groups excluding carboxylic acids is 1. The molecule has 20 heteroatoms. The van der Waals surface area contributed by atoms with Crippen LogP contribution in [0.5, 0.6) is 5.75 Å². The van der Waals surface area contributed by atoms with Gasteiger partial charge in [-0.2, -0.15) is 61.5 Å². The highest BCUT2D eigenvalue weighted by atomic mass is 35.5. The van der Waals surface area contributed by atoms with Gasteiger partial charge in [-0.15, -0.1) is 0 Å². The van der Waals surface area contributed by atoms with E-state index in [-0.39, 0.29) is 0 Å². The molecule has 0 saturated heterocycles. The molecule has 1 aromatic carbocycles. The highest BCUT2D eigenvalue weighted by Crippen LogP contribution is 2.62. The molecule has 208 valence electrons. The maximum Gasteiger partial charge on any atom is 0.393 e. The van der Waals surface area contributed by atoms with E-state index in [1.807, 2.05) is 0 Å². The molecule has 1 aromatic rings. The van der Waals surface area contributed by atoms with Crippen LogP contribution in [0.15, 0.2) is 18.2 Å². The van der Waals surface area contributed by atoms with Gasteiger partial charge in [-0.05, 0) is 18.2 Å². The summed E-state index contributed by atoms with van der Waals surface area (Å²) in [4.78, 5) is 11.6. The van der Waals surface area contributed by atoms with Crippen molar-refractivity contribution >= 4 is 23.2 Å². The molecule has 36 heavy (non-hydrogen) atoms. The molecular weight excluding hydrogens is 578 g/mol. The molecule has 1 amide bonds. The Labute approximate surface area is 193 Å². The Bertz CT molecular complexity index is 981. The third-order valence-electron chi connectivity index (χ3n) is 4.36. The van der Waals surface area contributed by atoms with Crippen molar-refractivity contribution in [1.29, 1.82) is 0 Å². The number of alkyl halides is 16. The molecular formula is C16H8ClF16NO2. The van der Waals surface area contributed by atoms with Crippen molar-refractivity contribution in [2.75, 3.05) is 12.4 Å². The highest BCUT2D eigenvalue weighted by molar-refractivity contribution is 6.31. The number of hydrogen-bond acceptors (Lipinski definition) is 2. The first-order valence-electron chi connectivity index (χ1n) is 8.36. The first kappa shape index (κ1) is 31.7. The monoisotopic (exact) mass is 585 g/mol. The Morgan fingerprint density at radius 1 is 0.778 bits per heavy atom. The van der Waals surface area contributed by atoms with Crippen LogP contribution in [0, 0.1) is 0 Å². The van der Waals surface area contributed by atoms with E-state index < -0.39 is 70.2 Å². The van der Waals surface area contributed by atoms with Gasteiger partial charge in [0.15, 0.2) is 0 Å². The van der Waals surface area contributed by atoms with Gasteiger partial charge in [-0.25, -0.2) is 8.78 Å². The molecule has 1 N–H and O–H groups in total. The third kappa shape index (κ3) is 4.36. The number of hydrogen-bond donors (Lipinski definition) is 1. The molecule has 0 bridgehead atoms. The molecule has 0 radical (unpaired) electrons. The first-order chi connectivity index (χ1) is 15.8. The Morgan fingerprint density at radius 3 is 1.61 bits per heavy atom. The summed E-state index contributed by atoms with van der Waals surface area (Å²) in [6.45, 7) is 0. The SMILES string of the molecule is COc1ccc(Cl)cc1NC(=O)C(F)(F)C(F)(F)C(F)(F)C(F)(F)C(F)(F)C(F)(F)C(F)(F)C(F)F. The summed E-state index contributed by atoms with van der Waals surface area (Å²) >= 11 is 5.42. The fourth-order valence-corrected chi connectivity index (χ4v) is 2.43. The van der Waals surface area contributed by atoms with E-state index in [9.17, 15) is 75.0 Å². The van der Waals surface area contributed by atoms with Gasteiger partial charge in [-0.1, -0.05) is 11.6 Å². The number of rotatable bonds is 10. The van der Waals surface area contributed by atoms with E-state index in [1.54, 1.807) is 0 Å². The Morgan fingerprint density at radius 2 is 1.19 bits per heavy atom. The molecule has 0 aliphatic heterocycles. The fraction of sp³-hybridized carbons (Fsp3) is 0.562. The van der Waals surface area contributed by atoms with Gasteiger partial charge in [0.1, 0.15) is 5.75 Å². The zero-order chi connectivity index (χ0) is 28.9. The first-order valence-corrected chi connectivity index (χ1v) is 8.74. The van der Waals surface area contributed by atoms with Crippen LogP contribution in [-0.2, 0) is 4.79 Å². The quantitative estimate of drug-likeness (QED) is 0.301. The maximum atomic E-state index is 13.9. The van der Waals surface area contributed by atoms with Crippen molar-refractivity contribution in [3.8, 4) is 5.75 Å². The number of ether oxygens (including phenoxy) is 1. The van der Waals surface area contributed by atoms with Gasteiger partial charge in [-0.3, -0.25) is 4.79 Å². The molecule has 0 fully saturated rings. The predicted octanol–water partition coefficient (Wildman–Crippen LogP) is 7.00. The Balaban J connectivity index is 3.59. The molecule has 0 aromatic heterocycles. The van der Waals surface area contributed by atoms with Gasteiger partial charge in [0.2, 0.25) is 0 Å². The summed E-state index contributed by atoms with van der Waals surface area (Å²) < 4.78 is 218. The van der Waals surface area contributed by atoms with Crippen LogP contribution < -0.4 is 10.1 Å². The molecule has 0 saturated carbocycles. The van der Waals surface area contributed by atoms with Crippen LogP contribution in [0.2, 0.25) is 5.02 Å². The van der Waals surface area contributed by atoms with Crippen LogP contribution in [0.3, 0.4) is 0 Å². The van der Waals surface area contributed by atoms with Crippen LogP contribution in [0.25, 0.3) is 0 Å². The van der Waals surface area contributed by atoms with Crippen molar-refractivity contribution < 1.29 is 79.8 Å². The van der Waals surface area contributed by atoms with E-state index in [0.29, 0.717) is 6.07 Å². The molecule has 0 aliphatic carbocycles. The molecule has 1 rings (SSSR count). The Hall–Kier alpha value is -2.34. The van der Waals surface area contributed by atoms with E-state index in [2.05, 4.69) is 4.74 Å². The minimum Gasteiger partial charge on any atom is -0.495 e. The van der Waals surface area contributed by atoms with E-state index in [1.165, 1.54) is 0 Å². The lowest BCUT2D eigenvalue weighted by atomic mass is 9.89. The molecule has 0 spiro atoms. The van der Waals surface area contributed by atoms with Crippen molar-refractivity contribution in [2.45, 2.75) is 47.9 Å². The number of amides is 1.